The van der Waals surface area contributed by atoms with Crippen molar-refractivity contribution in [3.63, 3.8) is 0 Å². The average molecular weight is 254 g/mol. The predicted molar refractivity (Wildman–Crippen MR) is 70.2 cm³/mol. The average Bonchev–Trinajstić information content (AvgIpc) is 2.70. The Morgan fingerprint density at radius 1 is 1.71 bits per heavy atom. The minimum atomic E-state index is -0.0498. The Morgan fingerprint density at radius 3 is 3.06 bits per heavy atom. The summed E-state index contributed by atoms with van der Waals surface area (Å²) in [5.74, 6) is 1.92. The van der Waals surface area contributed by atoms with Crippen molar-refractivity contribution in [1.29, 1.82) is 0 Å². The predicted octanol–water partition coefficient (Wildman–Crippen LogP) is 1.13. The Bertz CT molecular complexity index is 418. The van der Waals surface area contributed by atoms with E-state index in [1.165, 1.54) is 0 Å². The first kappa shape index (κ1) is 12.3. The Hall–Kier alpha value is -1.17. The van der Waals surface area contributed by atoms with Gasteiger partial charge in [0.05, 0.1) is 11.4 Å². The summed E-state index contributed by atoms with van der Waals surface area (Å²) in [5.41, 5.74) is 7.64. The number of carbonyl (C=O) groups is 1. The molecule has 1 aliphatic rings. The molecule has 0 radical (unpaired) electrons. The number of rotatable bonds is 2. The number of H-pyrrole nitrogens is 1. The number of hydrogen-bond acceptors (Lipinski definition) is 4. The van der Waals surface area contributed by atoms with E-state index in [1.54, 1.807) is 0 Å². The lowest BCUT2D eigenvalue weighted by Gasteiger charge is -2.32. The van der Waals surface area contributed by atoms with E-state index in [9.17, 15) is 4.79 Å². The molecule has 0 aromatic carbocycles. The molecule has 17 heavy (non-hydrogen) atoms. The third kappa shape index (κ3) is 2.26. The van der Waals surface area contributed by atoms with Crippen LogP contribution in [0.4, 0.5) is 5.69 Å². The zero-order valence-electron chi connectivity index (χ0n) is 10.2. The van der Waals surface area contributed by atoms with Gasteiger partial charge in [-0.3, -0.25) is 9.89 Å². The molecule has 1 atom stereocenters. The van der Waals surface area contributed by atoms with Crippen LogP contribution in [-0.2, 0) is 6.42 Å². The van der Waals surface area contributed by atoms with Gasteiger partial charge in [0.2, 0.25) is 0 Å². The lowest BCUT2D eigenvalue weighted by molar-refractivity contribution is 0.0711. The number of nitrogens with two attached hydrogens (primary N) is 1. The monoisotopic (exact) mass is 254 g/mol. The molecule has 0 bridgehead atoms. The van der Waals surface area contributed by atoms with Crippen molar-refractivity contribution < 1.29 is 4.79 Å². The van der Waals surface area contributed by atoms with Crippen LogP contribution in [0.1, 0.15) is 30.0 Å². The molecule has 1 aromatic heterocycles. The molecule has 1 unspecified atom stereocenters. The van der Waals surface area contributed by atoms with Crippen molar-refractivity contribution >= 4 is 23.4 Å². The maximum Gasteiger partial charge on any atom is 0.276 e. The van der Waals surface area contributed by atoms with Crippen LogP contribution in [0.15, 0.2) is 0 Å². The van der Waals surface area contributed by atoms with Crippen LogP contribution in [0.2, 0.25) is 0 Å². The van der Waals surface area contributed by atoms with E-state index in [0.717, 1.165) is 30.2 Å². The number of aromatic amines is 1. The topological polar surface area (TPSA) is 75.0 Å². The summed E-state index contributed by atoms with van der Waals surface area (Å²) in [6, 6.07) is 0.252. The number of carbonyl (C=O) groups excluding carboxylic acids is 1. The molecule has 5 nitrogen and oxygen atoms in total. The molecule has 1 aromatic rings. The second kappa shape index (κ2) is 5.00. The quantitative estimate of drug-likeness (QED) is 0.829. The number of anilines is 1. The lowest BCUT2D eigenvalue weighted by atomic mass is 10.2. The Kier molecular flexibility index (Phi) is 3.61. The van der Waals surface area contributed by atoms with Crippen LogP contribution in [0.3, 0.4) is 0 Å². The number of thioether (sulfide) groups is 1. The van der Waals surface area contributed by atoms with Gasteiger partial charge in [-0.1, -0.05) is 6.92 Å². The molecule has 3 N–H and O–H groups in total. The van der Waals surface area contributed by atoms with Gasteiger partial charge in [0.1, 0.15) is 0 Å². The Labute approximate surface area is 105 Å². The van der Waals surface area contributed by atoms with Crippen LogP contribution in [0.25, 0.3) is 0 Å². The molecule has 6 heteroatoms. The van der Waals surface area contributed by atoms with Gasteiger partial charge >= 0.3 is 0 Å². The molecule has 1 amide bonds. The van der Waals surface area contributed by atoms with Crippen molar-refractivity contribution in [2.75, 3.05) is 23.8 Å². The van der Waals surface area contributed by atoms with Gasteiger partial charge in [0.15, 0.2) is 5.69 Å². The maximum atomic E-state index is 12.3. The molecule has 0 saturated carbocycles. The van der Waals surface area contributed by atoms with Gasteiger partial charge in [-0.2, -0.15) is 16.9 Å². The van der Waals surface area contributed by atoms with Crippen molar-refractivity contribution in [2.45, 2.75) is 26.3 Å². The van der Waals surface area contributed by atoms with Crippen molar-refractivity contribution in [3.05, 3.63) is 11.4 Å². The summed E-state index contributed by atoms with van der Waals surface area (Å²) < 4.78 is 0. The SMILES string of the molecule is CCc1[nH]nc(C(=O)N2CCSCC2C)c1N. The first-order chi connectivity index (χ1) is 8.15. The largest absolute Gasteiger partial charge is 0.395 e. The lowest BCUT2D eigenvalue weighted by Crippen LogP contribution is -2.44. The first-order valence-electron chi connectivity index (χ1n) is 5.86. The molecule has 0 spiro atoms. The first-order valence-corrected chi connectivity index (χ1v) is 7.02. The zero-order valence-corrected chi connectivity index (χ0v) is 11.0. The zero-order chi connectivity index (χ0) is 12.4. The molecule has 1 saturated heterocycles. The Morgan fingerprint density at radius 2 is 2.47 bits per heavy atom. The number of nitrogens with one attached hydrogen (secondary N) is 1. The van der Waals surface area contributed by atoms with E-state index in [4.69, 9.17) is 5.73 Å². The second-order valence-electron chi connectivity index (χ2n) is 4.24. The number of nitrogen functional groups attached to an aromatic ring is 1. The van der Waals surface area contributed by atoms with E-state index in [1.807, 2.05) is 23.6 Å². The van der Waals surface area contributed by atoms with Crippen LogP contribution in [0, 0.1) is 0 Å². The van der Waals surface area contributed by atoms with Gasteiger partial charge in [0.25, 0.3) is 5.91 Å². The fourth-order valence-electron chi connectivity index (χ4n) is 1.98. The number of amides is 1. The third-order valence-electron chi connectivity index (χ3n) is 3.07. The molecule has 1 fully saturated rings. The molecule has 2 heterocycles. The number of hydrogen-bond donors (Lipinski definition) is 2. The fourth-order valence-corrected chi connectivity index (χ4v) is 3.00. The minimum Gasteiger partial charge on any atom is -0.395 e. The standard InChI is InChI=1S/C11H18N4OS/c1-3-8-9(12)10(14-13-8)11(16)15-4-5-17-6-7(15)2/h7H,3-6,12H2,1-2H3,(H,13,14). The summed E-state index contributed by atoms with van der Waals surface area (Å²) in [4.78, 5) is 14.2. The summed E-state index contributed by atoms with van der Waals surface area (Å²) in [6.45, 7) is 4.82. The van der Waals surface area contributed by atoms with Crippen molar-refractivity contribution in [1.82, 2.24) is 15.1 Å². The number of aromatic nitrogens is 2. The summed E-state index contributed by atoms with van der Waals surface area (Å²) in [6.07, 6.45) is 0.761. The summed E-state index contributed by atoms with van der Waals surface area (Å²) in [7, 11) is 0. The van der Waals surface area contributed by atoms with Crippen LogP contribution in [-0.4, -0.2) is 45.1 Å². The second-order valence-corrected chi connectivity index (χ2v) is 5.39. The normalized spacial score (nSPS) is 20.6. The van der Waals surface area contributed by atoms with Crippen molar-refractivity contribution in [2.24, 2.45) is 0 Å². The molecule has 94 valence electrons. The van der Waals surface area contributed by atoms with Gasteiger partial charge in [-0.05, 0) is 13.3 Å². The van der Waals surface area contributed by atoms with Gasteiger partial charge in [-0.25, -0.2) is 0 Å². The molecule has 0 aliphatic carbocycles. The highest BCUT2D eigenvalue weighted by Gasteiger charge is 2.28. The summed E-state index contributed by atoms with van der Waals surface area (Å²) in [5, 5.41) is 6.88. The fraction of sp³-hybridized carbons (Fsp3) is 0.636. The maximum absolute atomic E-state index is 12.3. The molecule has 2 rings (SSSR count). The van der Waals surface area contributed by atoms with Crippen LogP contribution < -0.4 is 5.73 Å². The van der Waals surface area contributed by atoms with Crippen LogP contribution >= 0.6 is 11.8 Å². The molecular formula is C11H18N4OS. The van der Waals surface area contributed by atoms with Gasteiger partial charge < -0.3 is 10.6 Å². The minimum absolute atomic E-state index is 0.0498. The van der Waals surface area contributed by atoms with Gasteiger partial charge in [-0.15, -0.1) is 0 Å². The Balaban J connectivity index is 2.21. The van der Waals surface area contributed by atoms with Crippen LogP contribution in [0.5, 0.6) is 0 Å². The summed E-state index contributed by atoms with van der Waals surface area (Å²) >= 11 is 1.88. The number of nitrogens with zero attached hydrogens (tertiary/aromatic N) is 2. The smallest absolute Gasteiger partial charge is 0.276 e. The third-order valence-corrected chi connectivity index (χ3v) is 4.26. The van der Waals surface area contributed by atoms with E-state index < -0.39 is 0 Å². The highest BCUT2D eigenvalue weighted by atomic mass is 32.2. The van der Waals surface area contributed by atoms with E-state index >= 15 is 0 Å². The van der Waals surface area contributed by atoms with E-state index in [0.29, 0.717) is 11.4 Å². The van der Waals surface area contributed by atoms with Gasteiger partial charge in [0, 0.05) is 24.1 Å². The van der Waals surface area contributed by atoms with Crippen molar-refractivity contribution in [3.8, 4) is 0 Å². The number of aryl methyl sites for hydroxylation is 1. The highest BCUT2D eigenvalue weighted by molar-refractivity contribution is 7.99. The van der Waals surface area contributed by atoms with E-state index in [2.05, 4.69) is 17.1 Å². The molecular weight excluding hydrogens is 236 g/mol. The van der Waals surface area contributed by atoms with E-state index in [-0.39, 0.29) is 11.9 Å². The molecule has 1 aliphatic heterocycles. The highest BCUT2D eigenvalue weighted by Crippen LogP contribution is 2.21.